The van der Waals surface area contributed by atoms with E-state index in [0.29, 0.717) is 19.4 Å². The van der Waals surface area contributed by atoms with Crippen molar-refractivity contribution in [1.82, 2.24) is 4.72 Å². The maximum absolute atomic E-state index is 11.2. The molecule has 0 radical (unpaired) electrons. The van der Waals surface area contributed by atoms with Crippen molar-refractivity contribution in [3.8, 4) is 0 Å². The number of nitrogens with one attached hydrogen (secondary N) is 1. The quantitative estimate of drug-likeness (QED) is 0.628. The fourth-order valence-electron chi connectivity index (χ4n) is 1.69. The average molecular weight is 265 g/mol. The van der Waals surface area contributed by atoms with Gasteiger partial charge in [-0.05, 0) is 25.7 Å². The number of hydrogen-bond donors (Lipinski definition) is 2. The van der Waals surface area contributed by atoms with Gasteiger partial charge in [0.2, 0.25) is 10.0 Å². The first kappa shape index (κ1) is 16.4. The zero-order valence-corrected chi connectivity index (χ0v) is 11.4. The lowest BCUT2D eigenvalue weighted by atomic mass is 9.95. The molecule has 0 aromatic heterocycles. The van der Waals surface area contributed by atoms with E-state index < -0.39 is 16.0 Å². The van der Waals surface area contributed by atoms with Crippen LogP contribution in [0.3, 0.4) is 0 Å². The van der Waals surface area contributed by atoms with Gasteiger partial charge < -0.3 is 5.11 Å². The van der Waals surface area contributed by atoms with Gasteiger partial charge in [0, 0.05) is 13.0 Å². The maximum Gasteiger partial charge on any atom is 0.303 e. The summed E-state index contributed by atoms with van der Waals surface area (Å²) in [5.41, 5.74) is 0. The molecule has 0 saturated heterocycles. The second-order valence-electron chi connectivity index (χ2n) is 4.17. The van der Waals surface area contributed by atoms with E-state index in [1.54, 1.807) is 6.92 Å². The normalized spacial score (nSPS) is 13.5. The van der Waals surface area contributed by atoms with E-state index in [1.807, 2.05) is 6.92 Å². The topological polar surface area (TPSA) is 83.5 Å². The highest BCUT2D eigenvalue weighted by Gasteiger charge is 2.12. The second kappa shape index (κ2) is 8.47. The van der Waals surface area contributed by atoms with E-state index in [9.17, 15) is 13.2 Å². The Kier molecular flexibility index (Phi) is 8.16. The van der Waals surface area contributed by atoms with Crippen LogP contribution in [0.1, 0.15) is 46.0 Å². The Morgan fingerprint density at radius 1 is 1.24 bits per heavy atom. The Labute approximate surface area is 104 Å². The van der Waals surface area contributed by atoms with Gasteiger partial charge >= 0.3 is 5.97 Å². The monoisotopic (exact) mass is 265 g/mol. The minimum absolute atomic E-state index is 0.0839. The highest BCUT2D eigenvalue weighted by molar-refractivity contribution is 7.89. The number of hydrogen-bond acceptors (Lipinski definition) is 3. The number of rotatable bonds is 10. The van der Waals surface area contributed by atoms with Crippen molar-refractivity contribution in [2.45, 2.75) is 46.0 Å². The third-order valence-corrected chi connectivity index (χ3v) is 4.12. The van der Waals surface area contributed by atoms with Gasteiger partial charge in [-0.2, -0.15) is 0 Å². The van der Waals surface area contributed by atoms with E-state index in [-0.39, 0.29) is 18.1 Å². The summed E-state index contributed by atoms with van der Waals surface area (Å²) < 4.78 is 24.9. The maximum atomic E-state index is 11.2. The van der Waals surface area contributed by atoms with Gasteiger partial charge in [-0.15, -0.1) is 0 Å². The van der Waals surface area contributed by atoms with Crippen molar-refractivity contribution in [3.05, 3.63) is 0 Å². The molecule has 1 unspecified atom stereocenters. The van der Waals surface area contributed by atoms with Crippen LogP contribution in [0.2, 0.25) is 0 Å². The van der Waals surface area contributed by atoms with Crippen LogP contribution in [-0.2, 0) is 14.8 Å². The molecule has 1 atom stereocenters. The highest BCUT2D eigenvalue weighted by Crippen LogP contribution is 2.17. The van der Waals surface area contributed by atoms with E-state index in [0.717, 1.165) is 12.8 Å². The van der Waals surface area contributed by atoms with Crippen LogP contribution in [0.15, 0.2) is 0 Å². The van der Waals surface area contributed by atoms with E-state index in [4.69, 9.17) is 5.11 Å². The first-order valence-electron chi connectivity index (χ1n) is 6.10. The van der Waals surface area contributed by atoms with Gasteiger partial charge in [0.25, 0.3) is 0 Å². The fourth-order valence-corrected chi connectivity index (χ4v) is 2.32. The number of aliphatic carboxylic acids is 1. The predicted octanol–water partition coefficient (Wildman–Crippen LogP) is 1.60. The summed E-state index contributed by atoms with van der Waals surface area (Å²) in [5, 5.41) is 8.61. The van der Waals surface area contributed by atoms with Gasteiger partial charge in [-0.1, -0.05) is 19.8 Å². The molecule has 0 aliphatic carbocycles. The molecule has 6 heteroatoms. The molecule has 0 spiro atoms. The molecule has 0 heterocycles. The van der Waals surface area contributed by atoms with Crippen LogP contribution < -0.4 is 4.72 Å². The summed E-state index contributed by atoms with van der Waals surface area (Å²) in [5.74, 6) is -0.420. The third-order valence-electron chi connectivity index (χ3n) is 2.72. The molecule has 2 N–H and O–H groups in total. The summed E-state index contributed by atoms with van der Waals surface area (Å²) in [4.78, 5) is 10.5. The molecule has 0 amide bonds. The van der Waals surface area contributed by atoms with Crippen LogP contribution in [0.4, 0.5) is 0 Å². The van der Waals surface area contributed by atoms with Gasteiger partial charge in [0.05, 0.1) is 5.75 Å². The summed E-state index contributed by atoms with van der Waals surface area (Å²) in [6, 6.07) is 0. The largest absolute Gasteiger partial charge is 0.481 e. The fraction of sp³-hybridized carbons (Fsp3) is 0.909. The molecule has 0 aromatic carbocycles. The molecule has 0 bridgehead atoms. The molecular formula is C11H23NO4S. The van der Waals surface area contributed by atoms with Gasteiger partial charge in [-0.25, -0.2) is 13.1 Å². The van der Waals surface area contributed by atoms with E-state index in [1.165, 1.54) is 0 Å². The summed E-state index contributed by atoms with van der Waals surface area (Å²) >= 11 is 0. The van der Waals surface area contributed by atoms with Crippen LogP contribution >= 0.6 is 0 Å². The SMILES string of the molecule is CCCC(CCNS(=O)(=O)CC)CCC(=O)O. The Balaban J connectivity index is 3.96. The molecule has 102 valence electrons. The van der Waals surface area contributed by atoms with Gasteiger partial charge in [0.1, 0.15) is 0 Å². The lowest BCUT2D eigenvalue weighted by Crippen LogP contribution is -2.27. The molecular weight excluding hydrogens is 242 g/mol. The van der Waals surface area contributed by atoms with Crippen molar-refractivity contribution in [3.63, 3.8) is 0 Å². The second-order valence-corrected chi connectivity index (χ2v) is 6.27. The first-order chi connectivity index (χ1) is 7.91. The summed E-state index contributed by atoms with van der Waals surface area (Å²) in [6.07, 6.45) is 3.43. The third kappa shape index (κ3) is 9.12. The number of carboxylic acids is 1. The summed E-state index contributed by atoms with van der Waals surface area (Å²) in [7, 11) is -3.13. The molecule has 0 aromatic rings. The van der Waals surface area contributed by atoms with Gasteiger partial charge in [0.15, 0.2) is 0 Å². The number of sulfonamides is 1. The molecule has 0 aliphatic heterocycles. The highest BCUT2D eigenvalue weighted by atomic mass is 32.2. The smallest absolute Gasteiger partial charge is 0.303 e. The van der Waals surface area contributed by atoms with Crippen LogP contribution in [0.25, 0.3) is 0 Å². The minimum Gasteiger partial charge on any atom is -0.481 e. The van der Waals surface area contributed by atoms with Crippen molar-refractivity contribution in [1.29, 1.82) is 0 Å². The molecule has 5 nitrogen and oxygen atoms in total. The van der Waals surface area contributed by atoms with Gasteiger partial charge in [-0.3, -0.25) is 4.79 Å². The molecule has 0 saturated carbocycles. The Hall–Kier alpha value is -0.620. The van der Waals surface area contributed by atoms with Crippen molar-refractivity contribution < 1.29 is 18.3 Å². The molecule has 0 aliphatic rings. The van der Waals surface area contributed by atoms with Crippen LogP contribution in [-0.4, -0.2) is 31.8 Å². The van der Waals surface area contributed by atoms with Crippen molar-refractivity contribution in [2.24, 2.45) is 5.92 Å². The summed E-state index contributed by atoms with van der Waals surface area (Å²) in [6.45, 7) is 4.04. The Morgan fingerprint density at radius 2 is 1.88 bits per heavy atom. The molecule has 0 fully saturated rings. The lowest BCUT2D eigenvalue weighted by Gasteiger charge is -2.15. The van der Waals surface area contributed by atoms with E-state index >= 15 is 0 Å². The van der Waals surface area contributed by atoms with E-state index in [2.05, 4.69) is 4.72 Å². The Bertz CT molecular complexity index is 313. The minimum atomic E-state index is -3.13. The average Bonchev–Trinajstić information content (AvgIpc) is 2.25. The van der Waals surface area contributed by atoms with Crippen LogP contribution in [0, 0.1) is 5.92 Å². The lowest BCUT2D eigenvalue weighted by molar-refractivity contribution is -0.137. The number of carboxylic acid groups (broad SMARTS) is 1. The standard InChI is InChI=1S/C11H23NO4S/c1-3-5-10(6-7-11(13)14)8-9-12-17(15,16)4-2/h10,12H,3-9H2,1-2H3,(H,13,14). The zero-order valence-electron chi connectivity index (χ0n) is 10.6. The zero-order chi connectivity index (χ0) is 13.3. The Morgan fingerprint density at radius 3 is 2.35 bits per heavy atom. The molecule has 17 heavy (non-hydrogen) atoms. The molecule has 0 rings (SSSR count). The van der Waals surface area contributed by atoms with Crippen LogP contribution in [0.5, 0.6) is 0 Å². The number of carbonyl (C=O) groups is 1. The predicted molar refractivity (Wildman–Crippen MR) is 67.3 cm³/mol. The van der Waals surface area contributed by atoms with Crippen molar-refractivity contribution in [2.75, 3.05) is 12.3 Å². The van der Waals surface area contributed by atoms with Crippen molar-refractivity contribution >= 4 is 16.0 Å². The first-order valence-corrected chi connectivity index (χ1v) is 7.75.